The van der Waals surface area contributed by atoms with Gasteiger partial charge in [0.1, 0.15) is 0 Å². The van der Waals surface area contributed by atoms with Gasteiger partial charge in [-0.2, -0.15) is 0 Å². The Morgan fingerprint density at radius 3 is 2.60 bits per heavy atom. The molecular weight excluding hydrogens is 244 g/mol. The fourth-order valence-electron chi connectivity index (χ4n) is 2.93. The first-order chi connectivity index (χ1) is 9.80. The highest BCUT2D eigenvalue weighted by molar-refractivity contribution is 5.84. The second-order valence-corrected chi connectivity index (χ2v) is 5.70. The predicted octanol–water partition coefficient (Wildman–Crippen LogP) is 4.29. The van der Waals surface area contributed by atoms with E-state index in [0.717, 1.165) is 19.5 Å². The Labute approximate surface area is 123 Å². The molecule has 2 N–H and O–H groups in total. The van der Waals surface area contributed by atoms with E-state index in [1.54, 1.807) is 0 Å². The van der Waals surface area contributed by atoms with Crippen LogP contribution >= 0.6 is 0 Å². The van der Waals surface area contributed by atoms with E-state index in [2.05, 4.69) is 42.8 Å². The molecule has 0 spiro atoms. The minimum atomic E-state index is 0.727. The lowest BCUT2D eigenvalue weighted by molar-refractivity contribution is 0.700. The van der Waals surface area contributed by atoms with E-state index >= 15 is 0 Å². The lowest BCUT2D eigenvalue weighted by Gasteiger charge is -2.05. The largest absolute Gasteiger partial charge is 0.347 e. The summed E-state index contributed by atoms with van der Waals surface area (Å²) in [5, 5.41) is 1.41. The summed E-state index contributed by atoms with van der Waals surface area (Å²) in [5.74, 6) is 0. The van der Waals surface area contributed by atoms with Crippen LogP contribution in [0.25, 0.3) is 10.9 Å². The van der Waals surface area contributed by atoms with Crippen molar-refractivity contribution in [1.29, 1.82) is 0 Å². The molecule has 2 heteroatoms. The van der Waals surface area contributed by atoms with Gasteiger partial charge in [0.25, 0.3) is 0 Å². The van der Waals surface area contributed by atoms with Gasteiger partial charge in [0.05, 0.1) is 0 Å². The number of unbranched alkanes of at least 4 members (excludes halogenated alkanes) is 2. The van der Waals surface area contributed by atoms with Crippen molar-refractivity contribution >= 4 is 10.9 Å². The highest BCUT2D eigenvalue weighted by Gasteiger charge is 2.08. The van der Waals surface area contributed by atoms with Gasteiger partial charge in [0.15, 0.2) is 0 Å². The van der Waals surface area contributed by atoms with Crippen LogP contribution in [0.5, 0.6) is 0 Å². The van der Waals surface area contributed by atoms with Gasteiger partial charge in [-0.15, -0.1) is 0 Å². The number of benzene rings is 1. The molecule has 20 heavy (non-hydrogen) atoms. The molecule has 2 nitrogen and oxygen atoms in total. The van der Waals surface area contributed by atoms with E-state index in [0.29, 0.717) is 0 Å². The number of rotatable bonds is 8. The molecule has 0 saturated carbocycles. The summed E-state index contributed by atoms with van der Waals surface area (Å²) in [6, 6.07) is 6.99. The molecule has 1 heterocycles. The second kappa shape index (κ2) is 7.49. The fourth-order valence-corrected chi connectivity index (χ4v) is 2.93. The summed E-state index contributed by atoms with van der Waals surface area (Å²) in [4.78, 5) is 0. The first-order valence-corrected chi connectivity index (χ1v) is 8.10. The molecule has 0 aliphatic heterocycles. The lowest BCUT2D eigenvalue weighted by atomic mass is 10.0. The molecule has 0 saturated heterocycles. The predicted molar refractivity (Wildman–Crippen MR) is 88.2 cm³/mol. The third kappa shape index (κ3) is 3.43. The third-order valence-corrected chi connectivity index (χ3v) is 3.98. The quantitative estimate of drug-likeness (QED) is 0.714. The van der Waals surface area contributed by atoms with E-state index in [4.69, 9.17) is 5.73 Å². The molecule has 0 amide bonds. The van der Waals surface area contributed by atoms with Gasteiger partial charge in [-0.05, 0) is 55.5 Å². The number of nitrogens with two attached hydrogens (primary N) is 1. The molecule has 110 valence electrons. The number of nitrogens with zero attached hydrogens (tertiary/aromatic N) is 1. The van der Waals surface area contributed by atoms with Gasteiger partial charge in [-0.25, -0.2) is 0 Å². The van der Waals surface area contributed by atoms with E-state index in [-0.39, 0.29) is 0 Å². The number of aromatic nitrogens is 1. The van der Waals surface area contributed by atoms with Crippen LogP contribution in [0, 0.1) is 0 Å². The number of fused-ring (bicyclic) bond motifs is 1. The van der Waals surface area contributed by atoms with Crippen LogP contribution in [-0.4, -0.2) is 11.1 Å². The van der Waals surface area contributed by atoms with Gasteiger partial charge >= 0.3 is 0 Å². The molecule has 0 aliphatic rings. The van der Waals surface area contributed by atoms with Crippen molar-refractivity contribution in [2.75, 3.05) is 6.54 Å². The van der Waals surface area contributed by atoms with Crippen molar-refractivity contribution in [1.82, 2.24) is 4.57 Å². The Morgan fingerprint density at radius 1 is 1.05 bits per heavy atom. The summed E-state index contributed by atoms with van der Waals surface area (Å²) < 4.78 is 2.39. The van der Waals surface area contributed by atoms with E-state index in [1.807, 2.05) is 0 Å². The molecule has 0 fully saturated rings. The van der Waals surface area contributed by atoms with Crippen LogP contribution in [0.1, 0.15) is 50.7 Å². The number of hydrogen-bond donors (Lipinski definition) is 1. The minimum absolute atomic E-state index is 0.727. The van der Waals surface area contributed by atoms with Crippen LogP contribution in [0.15, 0.2) is 24.4 Å². The highest BCUT2D eigenvalue weighted by atomic mass is 15.0. The van der Waals surface area contributed by atoms with Gasteiger partial charge in [0.2, 0.25) is 0 Å². The van der Waals surface area contributed by atoms with Crippen molar-refractivity contribution < 1.29 is 0 Å². The number of hydrogen-bond acceptors (Lipinski definition) is 1. The Morgan fingerprint density at radius 2 is 1.90 bits per heavy atom. The Kier molecular flexibility index (Phi) is 5.66. The minimum Gasteiger partial charge on any atom is -0.347 e. The second-order valence-electron chi connectivity index (χ2n) is 5.70. The summed E-state index contributed by atoms with van der Waals surface area (Å²) in [6.45, 7) is 6.31. The topological polar surface area (TPSA) is 30.9 Å². The van der Waals surface area contributed by atoms with E-state index in [9.17, 15) is 0 Å². The summed E-state index contributed by atoms with van der Waals surface area (Å²) in [6.07, 6.45) is 9.55. The molecule has 0 aliphatic carbocycles. The Bertz CT molecular complexity index is 540. The lowest BCUT2D eigenvalue weighted by Crippen LogP contribution is -2.02. The summed E-state index contributed by atoms with van der Waals surface area (Å²) in [7, 11) is 0. The zero-order chi connectivity index (χ0) is 14.4. The Balaban J connectivity index is 2.30. The maximum Gasteiger partial charge on any atom is 0.0483 e. The zero-order valence-electron chi connectivity index (χ0n) is 13.0. The van der Waals surface area contributed by atoms with Gasteiger partial charge in [0, 0.05) is 23.6 Å². The van der Waals surface area contributed by atoms with Crippen molar-refractivity contribution in [2.24, 2.45) is 5.73 Å². The molecule has 1 aromatic heterocycles. The van der Waals surface area contributed by atoms with Crippen molar-refractivity contribution in [3.8, 4) is 0 Å². The maximum atomic E-state index is 5.76. The molecule has 1 aromatic carbocycles. The molecule has 2 aromatic rings. The average Bonchev–Trinajstić information content (AvgIpc) is 2.78. The zero-order valence-corrected chi connectivity index (χ0v) is 13.0. The first kappa shape index (κ1) is 15.1. The highest BCUT2D eigenvalue weighted by Crippen LogP contribution is 2.24. The molecule has 0 unspecified atom stereocenters. The summed E-state index contributed by atoms with van der Waals surface area (Å²) >= 11 is 0. The molecule has 0 radical (unpaired) electrons. The maximum absolute atomic E-state index is 5.76. The standard InChI is InChI=1S/C18H28N2/c1-3-5-6-7-15-8-9-18-17(13-15)16(10-11-19)14-20(18)12-4-2/h8-9,13-14H,3-7,10-12,19H2,1-2H3. The first-order valence-electron chi connectivity index (χ1n) is 8.10. The summed E-state index contributed by atoms with van der Waals surface area (Å²) in [5.41, 5.74) is 10.0. The van der Waals surface area contributed by atoms with Crippen LogP contribution in [0.4, 0.5) is 0 Å². The van der Waals surface area contributed by atoms with E-state index < -0.39 is 0 Å². The monoisotopic (exact) mass is 272 g/mol. The van der Waals surface area contributed by atoms with E-state index in [1.165, 1.54) is 54.1 Å². The van der Waals surface area contributed by atoms with Gasteiger partial charge < -0.3 is 10.3 Å². The van der Waals surface area contributed by atoms with Crippen LogP contribution < -0.4 is 5.73 Å². The molecule has 2 rings (SSSR count). The van der Waals surface area contributed by atoms with Gasteiger partial charge in [-0.1, -0.05) is 32.8 Å². The third-order valence-electron chi connectivity index (χ3n) is 3.98. The average molecular weight is 272 g/mol. The van der Waals surface area contributed by atoms with Crippen LogP contribution in [0.2, 0.25) is 0 Å². The van der Waals surface area contributed by atoms with Crippen molar-refractivity contribution in [3.05, 3.63) is 35.5 Å². The van der Waals surface area contributed by atoms with Crippen LogP contribution in [0.3, 0.4) is 0 Å². The van der Waals surface area contributed by atoms with Crippen molar-refractivity contribution in [2.45, 2.75) is 58.9 Å². The SMILES string of the molecule is CCCCCc1ccc2c(c1)c(CCN)cn2CCC. The van der Waals surface area contributed by atoms with Crippen LogP contribution in [-0.2, 0) is 19.4 Å². The number of aryl methyl sites for hydroxylation is 2. The fraction of sp³-hybridized carbons (Fsp3) is 0.556. The molecule has 0 atom stereocenters. The Hall–Kier alpha value is -1.28. The smallest absolute Gasteiger partial charge is 0.0483 e. The van der Waals surface area contributed by atoms with Gasteiger partial charge in [-0.3, -0.25) is 0 Å². The van der Waals surface area contributed by atoms with Crippen molar-refractivity contribution in [3.63, 3.8) is 0 Å². The molecular formula is C18H28N2. The normalized spacial score (nSPS) is 11.3. The molecule has 0 bridgehead atoms.